The zero-order chi connectivity index (χ0) is 20.5. The Morgan fingerprint density at radius 2 is 1.79 bits per heavy atom. The lowest BCUT2D eigenvalue weighted by Gasteiger charge is -2.34. The highest BCUT2D eigenvalue weighted by atomic mass is 32.2. The molecule has 1 saturated heterocycles. The van der Waals surface area contributed by atoms with Gasteiger partial charge in [-0.3, -0.25) is 18.7 Å². The minimum Gasteiger partial charge on any atom is -0.462 e. The Hall–Kier alpha value is -2.68. The molecule has 8 nitrogen and oxygen atoms in total. The first-order valence-electron chi connectivity index (χ1n) is 9.44. The van der Waals surface area contributed by atoms with E-state index in [9.17, 15) is 18.6 Å². The van der Waals surface area contributed by atoms with Gasteiger partial charge >= 0.3 is 11.9 Å². The van der Waals surface area contributed by atoms with Crippen LogP contribution in [0.2, 0.25) is 0 Å². The highest BCUT2D eigenvalue weighted by molar-refractivity contribution is 7.84. The molecule has 0 bridgehead atoms. The van der Waals surface area contributed by atoms with Gasteiger partial charge in [-0.05, 0) is 37.1 Å². The number of carbonyl (C=O) groups excluding carboxylic acids is 3. The Balaban J connectivity index is 1.41. The number of esters is 2. The number of hydrogen-bond donors (Lipinski definition) is 0. The molecule has 2 heterocycles. The van der Waals surface area contributed by atoms with E-state index in [2.05, 4.69) is 0 Å². The van der Waals surface area contributed by atoms with Crippen LogP contribution in [0.15, 0.2) is 40.6 Å². The molecule has 0 spiro atoms. The number of amides is 1. The van der Waals surface area contributed by atoms with Crippen LogP contribution >= 0.6 is 0 Å². The maximum Gasteiger partial charge on any atom is 0.358 e. The number of rotatable bonds is 8. The Morgan fingerprint density at radius 3 is 2.41 bits per heavy atom. The van der Waals surface area contributed by atoms with E-state index in [1.54, 1.807) is 30.5 Å². The van der Waals surface area contributed by atoms with Gasteiger partial charge in [-0.25, -0.2) is 4.79 Å². The van der Waals surface area contributed by atoms with E-state index in [1.807, 2.05) is 0 Å². The normalized spacial score (nSPS) is 21.3. The second kappa shape index (κ2) is 7.98. The molecule has 1 amide bonds. The summed E-state index contributed by atoms with van der Waals surface area (Å²) in [5.41, 5.74) is 0.0999. The predicted octanol–water partition coefficient (Wildman–Crippen LogP) is 1.52. The molecule has 2 fully saturated rings. The van der Waals surface area contributed by atoms with Crippen LogP contribution in [0.4, 0.5) is 0 Å². The van der Waals surface area contributed by atoms with Crippen LogP contribution in [-0.2, 0) is 34.7 Å². The largest absolute Gasteiger partial charge is 0.462 e. The van der Waals surface area contributed by atoms with Gasteiger partial charge in [0.25, 0.3) is 0 Å². The van der Waals surface area contributed by atoms with Crippen LogP contribution in [0.25, 0.3) is 0 Å². The van der Waals surface area contributed by atoms with E-state index >= 15 is 0 Å². The molecule has 1 aliphatic carbocycles. The Labute approximate surface area is 170 Å². The van der Waals surface area contributed by atoms with Crippen molar-refractivity contribution in [2.75, 3.05) is 19.5 Å². The van der Waals surface area contributed by atoms with Crippen molar-refractivity contribution in [1.29, 1.82) is 0 Å². The average molecular weight is 419 g/mol. The zero-order valence-corrected chi connectivity index (χ0v) is 16.7. The number of benzene rings is 1. The SMILES string of the molecule is CS(=O)c1ccc(OC2=C(C(=O)OCCOC(=O)C3CC3)N3C(=O)C[C@H]3C2)cc1. The molecule has 154 valence electrons. The first-order chi connectivity index (χ1) is 13.9. The van der Waals surface area contributed by atoms with E-state index in [0.717, 1.165) is 12.8 Å². The quantitative estimate of drug-likeness (QED) is 0.358. The number of fused-ring (bicyclic) bond motifs is 1. The van der Waals surface area contributed by atoms with Crippen molar-refractivity contribution < 1.29 is 32.8 Å². The molecule has 9 heteroatoms. The molecular formula is C20H21NO7S. The van der Waals surface area contributed by atoms with Gasteiger partial charge < -0.3 is 14.2 Å². The molecule has 0 N–H and O–H groups in total. The summed E-state index contributed by atoms with van der Waals surface area (Å²) in [5.74, 6) is -0.264. The van der Waals surface area contributed by atoms with Gasteiger partial charge in [0.05, 0.1) is 12.0 Å². The molecule has 4 rings (SSSR count). The third-order valence-electron chi connectivity index (χ3n) is 5.03. The number of carbonyl (C=O) groups is 3. The highest BCUT2D eigenvalue weighted by Crippen LogP contribution is 2.39. The number of hydrogen-bond acceptors (Lipinski definition) is 7. The Bertz CT molecular complexity index is 904. The molecule has 0 radical (unpaired) electrons. The van der Waals surface area contributed by atoms with Crippen molar-refractivity contribution in [3.63, 3.8) is 0 Å². The number of β-lactam (4-membered cyclic amide) rings is 1. The summed E-state index contributed by atoms with van der Waals surface area (Å²) in [4.78, 5) is 38.1. The third kappa shape index (κ3) is 4.19. The fourth-order valence-electron chi connectivity index (χ4n) is 3.32. The predicted molar refractivity (Wildman–Crippen MR) is 101 cm³/mol. The number of ether oxygens (including phenoxy) is 3. The third-order valence-corrected chi connectivity index (χ3v) is 5.97. The zero-order valence-electron chi connectivity index (χ0n) is 15.9. The molecule has 1 aromatic rings. The summed E-state index contributed by atoms with van der Waals surface area (Å²) in [7, 11) is -1.10. The van der Waals surface area contributed by atoms with Gasteiger partial charge in [0.2, 0.25) is 5.91 Å². The minimum atomic E-state index is -1.10. The van der Waals surface area contributed by atoms with E-state index in [-0.39, 0.29) is 42.7 Å². The topological polar surface area (TPSA) is 99.2 Å². The first-order valence-corrected chi connectivity index (χ1v) is 11.0. The van der Waals surface area contributed by atoms with Crippen molar-refractivity contribution in [3.8, 4) is 5.75 Å². The molecule has 0 aromatic heterocycles. The molecular weight excluding hydrogens is 398 g/mol. The van der Waals surface area contributed by atoms with Crippen LogP contribution in [0, 0.1) is 5.92 Å². The van der Waals surface area contributed by atoms with Gasteiger partial charge in [-0.15, -0.1) is 0 Å². The fourth-order valence-corrected chi connectivity index (χ4v) is 3.84. The van der Waals surface area contributed by atoms with Crippen molar-refractivity contribution in [1.82, 2.24) is 4.90 Å². The van der Waals surface area contributed by atoms with E-state index in [4.69, 9.17) is 14.2 Å². The summed E-state index contributed by atoms with van der Waals surface area (Å²) >= 11 is 0. The molecule has 3 aliphatic rings. The van der Waals surface area contributed by atoms with Crippen molar-refractivity contribution >= 4 is 28.6 Å². The fraction of sp³-hybridized carbons (Fsp3) is 0.450. The van der Waals surface area contributed by atoms with Crippen LogP contribution in [0.5, 0.6) is 5.75 Å². The second-order valence-electron chi connectivity index (χ2n) is 7.20. The van der Waals surface area contributed by atoms with E-state index < -0.39 is 16.8 Å². The van der Waals surface area contributed by atoms with Crippen molar-refractivity contribution in [2.24, 2.45) is 5.92 Å². The van der Waals surface area contributed by atoms with Gasteiger partial charge in [-0.1, -0.05) is 0 Å². The average Bonchev–Trinajstić information content (AvgIpc) is 3.49. The van der Waals surface area contributed by atoms with Gasteiger partial charge in [0, 0.05) is 34.8 Å². The molecule has 1 unspecified atom stereocenters. The first kappa shape index (κ1) is 19.6. The molecule has 2 atom stereocenters. The molecule has 2 aliphatic heterocycles. The maximum absolute atomic E-state index is 12.6. The molecule has 1 saturated carbocycles. The Kier molecular flexibility index (Phi) is 5.40. The standard InChI is InChI=1S/C20H21NO7S/c1-29(25)15-6-4-14(5-7-15)28-16-10-13-11-17(22)21(13)18(16)20(24)27-9-8-26-19(23)12-2-3-12/h4-7,12-13H,2-3,8-11H2,1H3/t13-,29?/m1/s1. The molecule has 29 heavy (non-hydrogen) atoms. The Morgan fingerprint density at radius 1 is 1.10 bits per heavy atom. The highest BCUT2D eigenvalue weighted by Gasteiger charge is 2.49. The van der Waals surface area contributed by atoms with Crippen molar-refractivity contribution in [3.05, 3.63) is 35.7 Å². The van der Waals surface area contributed by atoms with Crippen LogP contribution in [0.3, 0.4) is 0 Å². The van der Waals surface area contributed by atoms with Crippen molar-refractivity contribution in [2.45, 2.75) is 36.6 Å². The summed E-state index contributed by atoms with van der Waals surface area (Å²) in [6.07, 6.45) is 4.06. The second-order valence-corrected chi connectivity index (χ2v) is 8.58. The van der Waals surface area contributed by atoms with E-state index in [1.165, 1.54) is 4.90 Å². The summed E-state index contributed by atoms with van der Waals surface area (Å²) < 4.78 is 27.6. The lowest BCUT2D eigenvalue weighted by Crippen LogP contribution is -2.49. The smallest absolute Gasteiger partial charge is 0.358 e. The lowest BCUT2D eigenvalue weighted by atomic mass is 10.0. The van der Waals surface area contributed by atoms with Crippen LogP contribution < -0.4 is 4.74 Å². The monoisotopic (exact) mass is 419 g/mol. The lowest BCUT2D eigenvalue weighted by molar-refractivity contribution is -0.154. The van der Waals surface area contributed by atoms with Gasteiger partial charge in [-0.2, -0.15) is 0 Å². The summed E-state index contributed by atoms with van der Waals surface area (Å²) in [6, 6.07) is 6.61. The summed E-state index contributed by atoms with van der Waals surface area (Å²) in [6.45, 7) is -0.102. The molecule has 1 aromatic carbocycles. The van der Waals surface area contributed by atoms with Gasteiger partial charge in [0.15, 0.2) is 5.70 Å². The van der Waals surface area contributed by atoms with Crippen LogP contribution in [0.1, 0.15) is 25.7 Å². The van der Waals surface area contributed by atoms with Gasteiger partial charge in [0.1, 0.15) is 24.7 Å². The minimum absolute atomic E-state index is 0.0146. The number of nitrogens with zero attached hydrogens (tertiary/aromatic N) is 1. The van der Waals surface area contributed by atoms with E-state index in [0.29, 0.717) is 29.2 Å². The van der Waals surface area contributed by atoms with Crippen LogP contribution in [-0.4, -0.2) is 52.5 Å². The summed E-state index contributed by atoms with van der Waals surface area (Å²) in [5, 5.41) is 0. The maximum atomic E-state index is 12.6.